The minimum Gasteiger partial charge on any atom is -0.326 e. The zero-order chi connectivity index (χ0) is 19.4. The maximum atomic E-state index is 12.6. The smallest absolute Gasteiger partial charge is 0.227 e. The van der Waals surface area contributed by atoms with Gasteiger partial charge in [0, 0.05) is 24.7 Å². The molecule has 0 aromatic heterocycles. The Morgan fingerprint density at radius 3 is 2.37 bits per heavy atom. The number of carbonyl (C=O) groups is 1. The first-order valence-corrected chi connectivity index (χ1v) is 10.9. The lowest BCUT2D eigenvalue weighted by molar-refractivity contribution is -0.120. The monoisotopic (exact) mass is 386 g/mol. The number of aryl methyl sites for hydroxylation is 1. The van der Waals surface area contributed by atoms with Crippen molar-refractivity contribution >= 4 is 21.6 Å². The number of hydrogen-bond acceptors (Lipinski definition) is 3. The summed E-state index contributed by atoms with van der Waals surface area (Å²) in [6.07, 6.45) is 1.09. The van der Waals surface area contributed by atoms with Crippen LogP contribution in [0.25, 0.3) is 0 Å². The van der Waals surface area contributed by atoms with E-state index in [0.717, 1.165) is 22.4 Å². The molecule has 5 nitrogen and oxygen atoms in total. The van der Waals surface area contributed by atoms with Gasteiger partial charge in [-0.3, -0.25) is 4.79 Å². The summed E-state index contributed by atoms with van der Waals surface area (Å²) in [5, 5.41) is 3.01. The van der Waals surface area contributed by atoms with Gasteiger partial charge in [-0.05, 0) is 49.4 Å². The molecule has 27 heavy (non-hydrogen) atoms. The molecule has 0 atom stereocenters. The lowest BCUT2D eigenvalue weighted by Crippen LogP contribution is -2.41. The third-order valence-corrected chi connectivity index (χ3v) is 7.12. The molecule has 0 radical (unpaired) electrons. The molecule has 6 heteroatoms. The third kappa shape index (κ3) is 4.76. The first-order chi connectivity index (χ1) is 12.9. The van der Waals surface area contributed by atoms with Crippen LogP contribution in [-0.4, -0.2) is 31.7 Å². The average Bonchev–Trinajstić information content (AvgIpc) is 2.66. The maximum Gasteiger partial charge on any atom is 0.227 e. The van der Waals surface area contributed by atoms with Gasteiger partial charge >= 0.3 is 0 Å². The molecule has 1 amide bonds. The highest BCUT2D eigenvalue weighted by molar-refractivity contribution is 7.88. The molecular formula is C21H26N2O3S. The van der Waals surface area contributed by atoms with Crippen molar-refractivity contribution in [1.29, 1.82) is 0 Å². The largest absolute Gasteiger partial charge is 0.326 e. The summed E-state index contributed by atoms with van der Waals surface area (Å²) in [5.74, 6) is -0.176. The second-order valence-corrected chi connectivity index (χ2v) is 9.12. The summed E-state index contributed by atoms with van der Waals surface area (Å²) >= 11 is 0. The normalized spacial score (nSPS) is 16.2. The lowest BCUT2D eigenvalue weighted by Gasteiger charge is -2.30. The number of hydrogen-bond donors (Lipinski definition) is 1. The molecule has 1 saturated heterocycles. The highest BCUT2D eigenvalue weighted by atomic mass is 32.2. The Morgan fingerprint density at radius 1 is 1.04 bits per heavy atom. The van der Waals surface area contributed by atoms with Crippen molar-refractivity contribution < 1.29 is 13.2 Å². The van der Waals surface area contributed by atoms with E-state index >= 15 is 0 Å². The van der Waals surface area contributed by atoms with E-state index in [-0.39, 0.29) is 17.6 Å². The summed E-state index contributed by atoms with van der Waals surface area (Å²) in [6, 6.07) is 15.0. The van der Waals surface area contributed by atoms with Crippen LogP contribution in [0, 0.1) is 19.8 Å². The fourth-order valence-corrected chi connectivity index (χ4v) is 4.96. The Balaban J connectivity index is 1.58. The quantitative estimate of drug-likeness (QED) is 0.855. The van der Waals surface area contributed by atoms with Gasteiger partial charge in [-0.1, -0.05) is 42.5 Å². The first kappa shape index (κ1) is 19.6. The molecule has 2 aromatic rings. The second-order valence-electron chi connectivity index (χ2n) is 7.15. The maximum absolute atomic E-state index is 12.6. The summed E-state index contributed by atoms with van der Waals surface area (Å²) in [5.41, 5.74) is 3.81. The van der Waals surface area contributed by atoms with Crippen molar-refractivity contribution in [1.82, 2.24) is 4.31 Å². The van der Waals surface area contributed by atoms with E-state index in [2.05, 4.69) is 5.32 Å². The molecule has 1 fully saturated rings. The van der Waals surface area contributed by atoms with Crippen molar-refractivity contribution in [2.45, 2.75) is 32.4 Å². The number of carbonyl (C=O) groups excluding carboxylic acids is 1. The van der Waals surface area contributed by atoms with Crippen LogP contribution in [0.15, 0.2) is 48.5 Å². The summed E-state index contributed by atoms with van der Waals surface area (Å²) in [7, 11) is -3.36. The standard InChI is InChI=1S/C21H26N2O3S/c1-16-7-6-10-20(17(16)2)22-21(24)19-11-13-23(14-12-19)27(25,26)15-18-8-4-3-5-9-18/h3-10,19H,11-15H2,1-2H3,(H,22,24). The molecule has 3 rings (SSSR count). The van der Waals surface area contributed by atoms with Gasteiger partial charge in [0.15, 0.2) is 0 Å². The van der Waals surface area contributed by atoms with E-state index in [1.165, 1.54) is 4.31 Å². The van der Waals surface area contributed by atoms with Gasteiger partial charge in [0.1, 0.15) is 0 Å². The van der Waals surface area contributed by atoms with Crippen LogP contribution in [0.4, 0.5) is 5.69 Å². The van der Waals surface area contributed by atoms with Gasteiger partial charge in [-0.15, -0.1) is 0 Å². The number of sulfonamides is 1. The summed E-state index contributed by atoms with van der Waals surface area (Å²) in [4.78, 5) is 12.6. The van der Waals surface area contributed by atoms with Crippen molar-refractivity contribution in [3.05, 3.63) is 65.2 Å². The Bertz CT molecular complexity index is 902. The molecule has 144 valence electrons. The molecule has 1 aliphatic rings. The van der Waals surface area contributed by atoms with Gasteiger partial charge in [-0.25, -0.2) is 12.7 Å². The molecular weight excluding hydrogens is 360 g/mol. The van der Waals surface area contributed by atoms with Gasteiger partial charge < -0.3 is 5.32 Å². The van der Waals surface area contributed by atoms with E-state index in [9.17, 15) is 13.2 Å². The molecule has 1 aliphatic heterocycles. The van der Waals surface area contributed by atoms with E-state index in [1.807, 2.05) is 62.4 Å². The Kier molecular flexibility index (Phi) is 5.97. The zero-order valence-corrected chi connectivity index (χ0v) is 16.6. The Hall–Kier alpha value is -2.18. The number of rotatable bonds is 5. The van der Waals surface area contributed by atoms with Crippen LogP contribution >= 0.6 is 0 Å². The Morgan fingerprint density at radius 2 is 1.70 bits per heavy atom. The number of nitrogens with one attached hydrogen (secondary N) is 1. The average molecular weight is 387 g/mol. The zero-order valence-electron chi connectivity index (χ0n) is 15.8. The fourth-order valence-electron chi connectivity index (χ4n) is 3.39. The predicted octanol–water partition coefficient (Wildman–Crippen LogP) is 3.48. The fraction of sp³-hybridized carbons (Fsp3) is 0.381. The van der Waals surface area contributed by atoms with Crippen LogP contribution in [0.5, 0.6) is 0 Å². The van der Waals surface area contributed by atoms with Crippen LogP contribution in [0.2, 0.25) is 0 Å². The minimum atomic E-state index is -3.36. The molecule has 2 aromatic carbocycles. The van der Waals surface area contributed by atoms with Gasteiger partial charge in [-0.2, -0.15) is 0 Å². The number of piperidine rings is 1. The molecule has 0 unspecified atom stereocenters. The van der Waals surface area contributed by atoms with E-state index < -0.39 is 10.0 Å². The Labute approximate surface area is 161 Å². The predicted molar refractivity (Wildman–Crippen MR) is 108 cm³/mol. The minimum absolute atomic E-state index is 0.00713. The van der Waals surface area contributed by atoms with Crippen molar-refractivity contribution in [3.8, 4) is 0 Å². The summed E-state index contributed by atoms with van der Waals surface area (Å²) < 4.78 is 26.8. The lowest BCUT2D eigenvalue weighted by atomic mass is 9.97. The molecule has 0 bridgehead atoms. The van der Waals surface area contributed by atoms with E-state index in [0.29, 0.717) is 25.9 Å². The van der Waals surface area contributed by atoms with Crippen LogP contribution in [0.3, 0.4) is 0 Å². The topological polar surface area (TPSA) is 66.5 Å². The van der Waals surface area contributed by atoms with E-state index in [4.69, 9.17) is 0 Å². The number of benzene rings is 2. The molecule has 0 spiro atoms. The van der Waals surface area contributed by atoms with Gasteiger partial charge in [0.25, 0.3) is 0 Å². The summed E-state index contributed by atoms with van der Waals surface area (Å²) in [6.45, 7) is 4.78. The number of amides is 1. The SMILES string of the molecule is Cc1cccc(NC(=O)C2CCN(S(=O)(=O)Cc3ccccc3)CC2)c1C. The highest BCUT2D eigenvalue weighted by Crippen LogP contribution is 2.24. The van der Waals surface area contributed by atoms with Gasteiger partial charge in [0.2, 0.25) is 15.9 Å². The number of nitrogens with zero attached hydrogens (tertiary/aromatic N) is 1. The third-order valence-electron chi connectivity index (χ3n) is 5.27. The highest BCUT2D eigenvalue weighted by Gasteiger charge is 2.31. The van der Waals surface area contributed by atoms with Crippen LogP contribution in [-0.2, 0) is 20.6 Å². The molecule has 0 aliphatic carbocycles. The first-order valence-electron chi connectivity index (χ1n) is 9.25. The molecule has 0 saturated carbocycles. The second kappa shape index (κ2) is 8.23. The molecule has 1 heterocycles. The van der Waals surface area contributed by atoms with Gasteiger partial charge in [0.05, 0.1) is 5.75 Å². The van der Waals surface area contributed by atoms with Crippen molar-refractivity contribution in [2.75, 3.05) is 18.4 Å². The van der Waals surface area contributed by atoms with Crippen molar-refractivity contribution in [3.63, 3.8) is 0 Å². The van der Waals surface area contributed by atoms with Crippen LogP contribution < -0.4 is 5.32 Å². The molecule has 1 N–H and O–H groups in total. The van der Waals surface area contributed by atoms with Crippen LogP contribution in [0.1, 0.15) is 29.5 Å². The number of anilines is 1. The van der Waals surface area contributed by atoms with Crippen molar-refractivity contribution in [2.24, 2.45) is 5.92 Å². The van der Waals surface area contributed by atoms with E-state index in [1.54, 1.807) is 0 Å².